The third-order valence-corrected chi connectivity index (χ3v) is 2.74. The molecule has 2 rings (SSSR count). The van der Waals surface area contributed by atoms with Crippen LogP contribution >= 0.6 is 11.6 Å². The van der Waals surface area contributed by atoms with E-state index in [4.69, 9.17) is 27.8 Å². The molecule has 2 aromatic rings. The summed E-state index contributed by atoms with van der Waals surface area (Å²) in [5, 5.41) is 0.485. The highest BCUT2D eigenvalue weighted by atomic mass is 35.5. The Balaban J connectivity index is 2.21. The van der Waals surface area contributed by atoms with E-state index in [0.29, 0.717) is 22.3 Å². The zero-order chi connectivity index (χ0) is 13.1. The fraction of sp³-hybridized carbons (Fsp3) is 0.154. The Morgan fingerprint density at radius 1 is 1.28 bits per heavy atom. The van der Waals surface area contributed by atoms with E-state index in [1.807, 2.05) is 31.2 Å². The molecule has 0 saturated heterocycles. The molecule has 0 spiro atoms. The number of hydrogen-bond donors (Lipinski definition) is 2. The summed E-state index contributed by atoms with van der Waals surface area (Å²) in [7, 11) is 0. The largest absolute Gasteiger partial charge is 0.482 e. The van der Waals surface area contributed by atoms with Crippen molar-refractivity contribution in [2.45, 2.75) is 13.0 Å². The smallest absolute Gasteiger partial charge is 0.166 e. The van der Waals surface area contributed by atoms with Gasteiger partial charge in [0, 0.05) is 18.0 Å². The van der Waals surface area contributed by atoms with Crippen LogP contribution in [0.4, 0.5) is 11.5 Å². The first-order chi connectivity index (χ1) is 8.56. The molecule has 1 aromatic heterocycles. The van der Waals surface area contributed by atoms with Crippen molar-refractivity contribution in [1.29, 1.82) is 0 Å². The zero-order valence-corrected chi connectivity index (χ0v) is 10.7. The average molecular weight is 264 g/mol. The Hall–Kier alpha value is -1.94. The summed E-state index contributed by atoms with van der Waals surface area (Å²) in [4.78, 5) is 3.94. The van der Waals surface area contributed by atoms with Gasteiger partial charge in [0.05, 0.1) is 5.02 Å². The molecule has 0 radical (unpaired) electrons. The van der Waals surface area contributed by atoms with Gasteiger partial charge >= 0.3 is 0 Å². The van der Waals surface area contributed by atoms with Gasteiger partial charge in [-0.1, -0.05) is 23.7 Å². The Kier molecular flexibility index (Phi) is 3.58. The first kappa shape index (κ1) is 12.5. The summed E-state index contributed by atoms with van der Waals surface area (Å²) in [5.41, 5.74) is 13.1. The van der Waals surface area contributed by atoms with Crippen molar-refractivity contribution in [2.75, 3.05) is 11.5 Å². The molecular weight excluding hydrogens is 250 g/mol. The summed E-state index contributed by atoms with van der Waals surface area (Å²) in [5.74, 6) is 0.785. The van der Waals surface area contributed by atoms with Gasteiger partial charge in [0.2, 0.25) is 0 Å². The van der Waals surface area contributed by atoms with Gasteiger partial charge in [-0.05, 0) is 24.6 Å². The molecule has 1 atom stereocenters. The van der Waals surface area contributed by atoms with Crippen LogP contribution in [0.3, 0.4) is 0 Å². The van der Waals surface area contributed by atoms with Gasteiger partial charge in [-0.3, -0.25) is 0 Å². The van der Waals surface area contributed by atoms with E-state index in [2.05, 4.69) is 4.98 Å². The molecule has 0 aliphatic carbocycles. The van der Waals surface area contributed by atoms with Crippen LogP contribution < -0.4 is 16.2 Å². The molecule has 1 heterocycles. The van der Waals surface area contributed by atoms with E-state index < -0.39 is 0 Å². The lowest BCUT2D eigenvalue weighted by Gasteiger charge is -2.16. The monoisotopic (exact) mass is 263 g/mol. The van der Waals surface area contributed by atoms with Gasteiger partial charge in [-0.25, -0.2) is 4.98 Å². The summed E-state index contributed by atoms with van der Waals surface area (Å²) in [6.07, 6.45) is 1.30. The minimum absolute atomic E-state index is 0.184. The van der Waals surface area contributed by atoms with Gasteiger partial charge in [0.1, 0.15) is 6.10 Å². The van der Waals surface area contributed by atoms with Crippen LogP contribution in [0, 0.1) is 0 Å². The van der Waals surface area contributed by atoms with Crippen molar-refractivity contribution < 1.29 is 4.74 Å². The minimum atomic E-state index is -0.184. The summed E-state index contributed by atoms with van der Waals surface area (Å²) in [6.45, 7) is 1.91. The van der Waals surface area contributed by atoms with Crippen molar-refractivity contribution in [1.82, 2.24) is 4.98 Å². The molecule has 4 nitrogen and oxygen atoms in total. The van der Waals surface area contributed by atoms with E-state index in [1.54, 1.807) is 6.07 Å². The third kappa shape index (κ3) is 2.84. The van der Waals surface area contributed by atoms with Gasteiger partial charge in [-0.15, -0.1) is 0 Å². The first-order valence-electron chi connectivity index (χ1n) is 5.49. The maximum Gasteiger partial charge on any atom is 0.166 e. The molecule has 0 fully saturated rings. The van der Waals surface area contributed by atoms with Gasteiger partial charge < -0.3 is 16.2 Å². The lowest BCUT2D eigenvalue weighted by molar-refractivity contribution is 0.227. The van der Waals surface area contributed by atoms with Crippen molar-refractivity contribution in [2.24, 2.45) is 0 Å². The maximum atomic E-state index is 5.85. The Labute approximate surface area is 111 Å². The number of aromatic nitrogens is 1. The maximum absolute atomic E-state index is 5.85. The Bertz CT molecular complexity index is 560. The number of nitrogen functional groups attached to an aromatic ring is 2. The predicted molar refractivity (Wildman–Crippen MR) is 73.6 cm³/mol. The second kappa shape index (κ2) is 5.14. The van der Waals surface area contributed by atoms with Crippen LogP contribution in [0.5, 0.6) is 5.75 Å². The van der Waals surface area contributed by atoms with Crippen molar-refractivity contribution in [3.63, 3.8) is 0 Å². The third-order valence-electron chi connectivity index (χ3n) is 2.53. The first-order valence-corrected chi connectivity index (χ1v) is 5.87. The van der Waals surface area contributed by atoms with Crippen LogP contribution in [-0.4, -0.2) is 4.98 Å². The fourth-order valence-electron chi connectivity index (χ4n) is 1.60. The number of nitrogens with two attached hydrogens (primary N) is 2. The fourth-order valence-corrected chi connectivity index (χ4v) is 1.74. The predicted octanol–water partition coefficient (Wildman–Crippen LogP) is 3.04. The summed E-state index contributed by atoms with van der Waals surface area (Å²) in [6, 6.07) is 9.15. The molecule has 18 heavy (non-hydrogen) atoms. The molecular formula is C13H14ClN3O. The molecule has 0 amide bonds. The van der Waals surface area contributed by atoms with Crippen LogP contribution in [-0.2, 0) is 0 Å². The van der Waals surface area contributed by atoms with Gasteiger partial charge in [0.15, 0.2) is 11.6 Å². The number of rotatable bonds is 3. The van der Waals surface area contributed by atoms with E-state index >= 15 is 0 Å². The van der Waals surface area contributed by atoms with Crippen molar-refractivity contribution >= 4 is 23.1 Å². The Morgan fingerprint density at radius 3 is 2.78 bits per heavy atom. The standard InChI is InChI=1S/C13H14ClN3O/c1-8(9-3-2-4-11(15)5-9)18-12-6-10(14)7-17-13(12)16/h2-8H,15H2,1H3,(H2,16,17)/t8-/m1/s1. The summed E-state index contributed by atoms with van der Waals surface area (Å²) < 4.78 is 5.74. The molecule has 1 aromatic carbocycles. The van der Waals surface area contributed by atoms with E-state index in [0.717, 1.165) is 5.56 Å². The topological polar surface area (TPSA) is 74.2 Å². The quantitative estimate of drug-likeness (QED) is 0.835. The van der Waals surface area contributed by atoms with Crippen molar-refractivity contribution in [3.8, 4) is 5.75 Å². The number of nitrogens with zero attached hydrogens (tertiary/aromatic N) is 1. The second-order valence-corrected chi connectivity index (χ2v) is 4.40. The highest BCUT2D eigenvalue weighted by Gasteiger charge is 2.10. The molecule has 0 saturated carbocycles. The highest BCUT2D eigenvalue weighted by molar-refractivity contribution is 6.30. The molecule has 0 bridgehead atoms. The zero-order valence-electron chi connectivity index (χ0n) is 9.93. The lowest BCUT2D eigenvalue weighted by Crippen LogP contribution is -2.06. The van der Waals surface area contributed by atoms with Gasteiger partial charge in [-0.2, -0.15) is 0 Å². The van der Waals surface area contributed by atoms with Crippen LogP contribution in [0.15, 0.2) is 36.5 Å². The molecule has 0 unspecified atom stereocenters. The van der Waals surface area contributed by atoms with E-state index in [9.17, 15) is 0 Å². The number of hydrogen-bond acceptors (Lipinski definition) is 4. The van der Waals surface area contributed by atoms with Crippen molar-refractivity contribution in [3.05, 3.63) is 47.1 Å². The van der Waals surface area contributed by atoms with Crippen LogP contribution in [0.25, 0.3) is 0 Å². The number of halogens is 1. The number of anilines is 2. The molecule has 94 valence electrons. The molecule has 0 aliphatic rings. The van der Waals surface area contributed by atoms with E-state index in [1.165, 1.54) is 6.20 Å². The highest BCUT2D eigenvalue weighted by Crippen LogP contribution is 2.28. The molecule has 5 heteroatoms. The lowest BCUT2D eigenvalue weighted by atomic mass is 10.1. The number of ether oxygens (including phenoxy) is 1. The number of pyridine rings is 1. The second-order valence-electron chi connectivity index (χ2n) is 3.97. The summed E-state index contributed by atoms with van der Waals surface area (Å²) >= 11 is 5.85. The average Bonchev–Trinajstić information content (AvgIpc) is 2.34. The SMILES string of the molecule is C[C@@H](Oc1cc(Cl)cnc1N)c1cccc(N)c1. The van der Waals surface area contributed by atoms with E-state index in [-0.39, 0.29) is 6.10 Å². The Morgan fingerprint density at radius 2 is 2.06 bits per heavy atom. The minimum Gasteiger partial charge on any atom is -0.482 e. The van der Waals surface area contributed by atoms with Crippen LogP contribution in [0.1, 0.15) is 18.6 Å². The normalized spacial score (nSPS) is 12.1. The number of benzene rings is 1. The molecule has 0 aliphatic heterocycles. The van der Waals surface area contributed by atoms with Gasteiger partial charge in [0.25, 0.3) is 0 Å². The molecule has 4 N–H and O–H groups in total. The van der Waals surface area contributed by atoms with Crippen LogP contribution in [0.2, 0.25) is 5.02 Å².